The van der Waals surface area contributed by atoms with Crippen LogP contribution >= 0.6 is 23.2 Å². The lowest BCUT2D eigenvalue weighted by atomic mass is 10.1. The normalized spacial score (nSPS) is 10.6. The highest BCUT2D eigenvalue weighted by atomic mass is 35.5. The van der Waals surface area contributed by atoms with E-state index in [1.807, 2.05) is 72.8 Å². The monoisotopic (exact) mass is 480 g/mol. The van der Waals surface area contributed by atoms with Gasteiger partial charge in [-0.15, -0.1) is 0 Å². The minimum atomic E-state index is 0.694. The molecule has 0 saturated carbocycles. The molecule has 0 saturated heterocycles. The summed E-state index contributed by atoms with van der Waals surface area (Å²) >= 11 is 12.7. The van der Waals surface area contributed by atoms with Gasteiger partial charge in [-0.1, -0.05) is 77.8 Å². The predicted octanol–water partition coefficient (Wildman–Crippen LogP) is 9.93. The average molecular weight is 481 g/mol. The van der Waals surface area contributed by atoms with Crippen molar-refractivity contribution in [3.05, 3.63) is 144 Å². The van der Waals surface area contributed by atoms with Crippen molar-refractivity contribution in [2.75, 3.05) is 9.80 Å². The van der Waals surface area contributed by atoms with Gasteiger partial charge in [-0.25, -0.2) is 0 Å². The van der Waals surface area contributed by atoms with Crippen molar-refractivity contribution in [2.45, 2.75) is 0 Å². The van der Waals surface area contributed by atoms with Gasteiger partial charge in [0, 0.05) is 44.2 Å². The molecular formula is C30H22Cl2N2. The van der Waals surface area contributed by atoms with Crippen LogP contribution in [0.5, 0.6) is 0 Å². The predicted molar refractivity (Wildman–Crippen MR) is 146 cm³/mol. The molecule has 4 heteroatoms. The van der Waals surface area contributed by atoms with Gasteiger partial charge in [-0.05, 0) is 78.9 Å². The number of hydrogen-bond acceptors (Lipinski definition) is 2. The summed E-state index contributed by atoms with van der Waals surface area (Å²) < 4.78 is 0. The van der Waals surface area contributed by atoms with E-state index in [4.69, 9.17) is 23.2 Å². The molecule has 0 aromatic heterocycles. The Kier molecular flexibility index (Phi) is 6.53. The molecule has 0 aliphatic rings. The molecule has 0 radical (unpaired) electrons. The summed E-state index contributed by atoms with van der Waals surface area (Å²) in [5.74, 6) is 0. The maximum atomic E-state index is 6.37. The first kappa shape index (κ1) is 22.1. The minimum Gasteiger partial charge on any atom is -0.310 e. The number of nitrogens with zero attached hydrogens (tertiary/aromatic N) is 2. The molecule has 5 rings (SSSR count). The van der Waals surface area contributed by atoms with Gasteiger partial charge in [-0.3, -0.25) is 0 Å². The van der Waals surface area contributed by atoms with Gasteiger partial charge in [0.15, 0.2) is 0 Å². The summed E-state index contributed by atoms with van der Waals surface area (Å²) in [4.78, 5) is 4.41. The molecule has 5 aromatic rings. The molecule has 0 fully saturated rings. The summed E-state index contributed by atoms with van der Waals surface area (Å²) in [5.41, 5.74) is 6.13. The highest BCUT2D eigenvalue weighted by Gasteiger charge is 2.17. The maximum Gasteiger partial charge on any atom is 0.0482 e. The molecule has 0 spiro atoms. The number of anilines is 6. The van der Waals surface area contributed by atoms with Gasteiger partial charge in [0.2, 0.25) is 0 Å². The molecule has 0 amide bonds. The number of rotatable bonds is 6. The highest BCUT2D eigenvalue weighted by molar-refractivity contribution is 6.31. The van der Waals surface area contributed by atoms with Gasteiger partial charge in [0.05, 0.1) is 0 Å². The first-order valence-corrected chi connectivity index (χ1v) is 11.8. The lowest BCUT2D eigenvalue weighted by molar-refractivity contribution is 1.25. The summed E-state index contributed by atoms with van der Waals surface area (Å²) in [6.45, 7) is 0. The Bertz CT molecular complexity index is 1280. The lowest BCUT2D eigenvalue weighted by Crippen LogP contribution is -2.13. The van der Waals surface area contributed by atoms with Crippen LogP contribution in [0.15, 0.2) is 133 Å². The minimum absolute atomic E-state index is 0.694. The Morgan fingerprint density at radius 1 is 0.324 bits per heavy atom. The van der Waals surface area contributed by atoms with E-state index < -0.39 is 0 Å². The Balaban J connectivity index is 1.67. The molecule has 0 unspecified atom stereocenters. The largest absolute Gasteiger partial charge is 0.310 e. The first-order valence-electron chi connectivity index (χ1n) is 11.0. The fourth-order valence-electron chi connectivity index (χ4n) is 4.05. The summed E-state index contributed by atoms with van der Waals surface area (Å²) in [5, 5.41) is 1.39. The van der Waals surface area contributed by atoms with Crippen molar-refractivity contribution >= 4 is 57.3 Å². The first-order chi connectivity index (χ1) is 16.7. The zero-order valence-electron chi connectivity index (χ0n) is 18.4. The molecule has 0 bridgehead atoms. The Morgan fingerprint density at radius 3 is 1.03 bits per heavy atom. The second-order valence-corrected chi connectivity index (χ2v) is 8.69. The summed E-state index contributed by atoms with van der Waals surface area (Å²) in [6, 6.07) is 44.9. The second-order valence-electron chi connectivity index (χ2n) is 7.82. The van der Waals surface area contributed by atoms with Crippen LogP contribution in [0.3, 0.4) is 0 Å². The molecule has 0 atom stereocenters. The van der Waals surface area contributed by atoms with E-state index in [-0.39, 0.29) is 0 Å². The zero-order valence-corrected chi connectivity index (χ0v) is 19.9. The van der Waals surface area contributed by atoms with Crippen molar-refractivity contribution in [2.24, 2.45) is 0 Å². The van der Waals surface area contributed by atoms with E-state index >= 15 is 0 Å². The topological polar surface area (TPSA) is 6.48 Å². The highest BCUT2D eigenvalue weighted by Crippen LogP contribution is 2.40. The third-order valence-electron chi connectivity index (χ3n) is 5.51. The molecule has 0 N–H and O–H groups in total. The molecule has 0 aliphatic heterocycles. The van der Waals surface area contributed by atoms with Crippen LogP contribution in [0, 0.1) is 0 Å². The van der Waals surface area contributed by atoms with Crippen molar-refractivity contribution in [3.8, 4) is 0 Å². The van der Waals surface area contributed by atoms with E-state index in [0.717, 1.165) is 34.1 Å². The quantitative estimate of drug-likeness (QED) is 0.238. The lowest BCUT2D eigenvalue weighted by Gasteiger charge is -2.29. The second kappa shape index (κ2) is 10.0. The number of benzene rings is 5. The molecule has 5 aromatic carbocycles. The Hall–Kier alpha value is -3.72. The number of halogens is 2. The smallest absolute Gasteiger partial charge is 0.0482 e. The van der Waals surface area contributed by atoms with Gasteiger partial charge < -0.3 is 9.80 Å². The van der Waals surface area contributed by atoms with Gasteiger partial charge >= 0.3 is 0 Å². The van der Waals surface area contributed by atoms with Crippen LogP contribution < -0.4 is 9.80 Å². The summed E-state index contributed by atoms with van der Waals surface area (Å²) in [6.07, 6.45) is 0. The van der Waals surface area contributed by atoms with E-state index in [0.29, 0.717) is 10.0 Å². The third kappa shape index (κ3) is 4.79. The van der Waals surface area contributed by atoms with E-state index in [1.165, 1.54) is 0 Å². The van der Waals surface area contributed by atoms with Crippen LogP contribution in [0.1, 0.15) is 0 Å². The number of hydrogen-bond donors (Lipinski definition) is 0. The van der Waals surface area contributed by atoms with Gasteiger partial charge in [-0.2, -0.15) is 0 Å². The van der Waals surface area contributed by atoms with Crippen LogP contribution in [0.2, 0.25) is 10.0 Å². The Labute approximate surface area is 210 Å². The molecule has 0 heterocycles. The number of para-hydroxylation sites is 2. The van der Waals surface area contributed by atoms with Crippen LogP contribution in [-0.4, -0.2) is 0 Å². The fourth-order valence-corrected chi connectivity index (χ4v) is 4.42. The van der Waals surface area contributed by atoms with Crippen molar-refractivity contribution in [1.82, 2.24) is 0 Å². The third-order valence-corrected chi connectivity index (χ3v) is 5.98. The standard InChI is InChI=1S/C30H22Cl2N2/c31-23-10-7-16-27(20-23)33(25-12-3-1-4-13-25)29-18-9-19-30(22-29)34(26-14-5-2-6-15-26)28-17-8-11-24(32)21-28/h1-22H. The summed E-state index contributed by atoms with van der Waals surface area (Å²) in [7, 11) is 0. The molecule has 34 heavy (non-hydrogen) atoms. The van der Waals surface area contributed by atoms with Crippen molar-refractivity contribution < 1.29 is 0 Å². The SMILES string of the molecule is Clc1cccc(N(c2ccccc2)c2cccc(N(c3ccccc3)c3cccc(Cl)c3)c2)c1. The van der Waals surface area contributed by atoms with Crippen LogP contribution in [0.4, 0.5) is 34.1 Å². The van der Waals surface area contributed by atoms with Gasteiger partial charge in [0.1, 0.15) is 0 Å². The molecular weight excluding hydrogens is 459 g/mol. The zero-order chi connectivity index (χ0) is 23.3. The maximum absolute atomic E-state index is 6.37. The molecule has 2 nitrogen and oxygen atoms in total. The fraction of sp³-hybridized carbons (Fsp3) is 0. The van der Waals surface area contributed by atoms with Crippen molar-refractivity contribution in [3.63, 3.8) is 0 Å². The van der Waals surface area contributed by atoms with Crippen molar-refractivity contribution in [1.29, 1.82) is 0 Å². The Morgan fingerprint density at radius 2 is 0.647 bits per heavy atom. The van der Waals surface area contributed by atoms with Crippen LogP contribution in [-0.2, 0) is 0 Å². The average Bonchev–Trinajstić information content (AvgIpc) is 2.86. The van der Waals surface area contributed by atoms with E-state index in [2.05, 4.69) is 70.5 Å². The molecule has 0 aliphatic carbocycles. The van der Waals surface area contributed by atoms with E-state index in [1.54, 1.807) is 0 Å². The molecule has 166 valence electrons. The van der Waals surface area contributed by atoms with Crippen LogP contribution in [0.25, 0.3) is 0 Å². The van der Waals surface area contributed by atoms with Gasteiger partial charge in [0.25, 0.3) is 0 Å². The van der Waals surface area contributed by atoms with E-state index in [9.17, 15) is 0 Å².